The highest BCUT2D eigenvalue weighted by Crippen LogP contribution is 2.50. The van der Waals surface area contributed by atoms with Gasteiger partial charge in [-0.05, 0) is 51.0 Å². The molecule has 2 aromatic carbocycles. The predicted octanol–water partition coefficient (Wildman–Crippen LogP) is 4.78. The van der Waals surface area contributed by atoms with E-state index in [1.807, 2.05) is 30.3 Å². The van der Waals surface area contributed by atoms with E-state index in [0.29, 0.717) is 28.6 Å². The van der Waals surface area contributed by atoms with Gasteiger partial charge in [0.2, 0.25) is 0 Å². The molecule has 4 aromatic rings. The molecule has 1 saturated heterocycles. The Hall–Kier alpha value is -2.97. The van der Waals surface area contributed by atoms with Crippen LogP contribution in [0.2, 0.25) is 0 Å². The summed E-state index contributed by atoms with van der Waals surface area (Å²) >= 11 is 12.3. The predicted molar refractivity (Wildman–Crippen MR) is 173 cm³/mol. The van der Waals surface area contributed by atoms with E-state index in [9.17, 15) is 9.90 Å². The van der Waals surface area contributed by atoms with E-state index in [1.54, 1.807) is 46.9 Å². The van der Waals surface area contributed by atoms with Crippen LogP contribution in [-0.4, -0.2) is 80.2 Å². The van der Waals surface area contributed by atoms with Crippen molar-refractivity contribution in [1.29, 1.82) is 0 Å². The SMILES string of the molecule is CNc1nc(C)nc2c1ncn2[C@@H]1O[C@](CCl)(CO[P@](=S)(N[C@H](C)C(=O)OC(C)C)Oc2cccc3ccccc23)[C@@H](O)[C@H]1F. The highest BCUT2D eigenvalue weighted by Gasteiger charge is 2.57. The zero-order valence-electron chi connectivity index (χ0n) is 25.3. The number of aromatic nitrogens is 4. The number of hydrogen-bond acceptors (Lipinski definition) is 11. The average Bonchev–Trinajstić information content (AvgIpc) is 3.54. The molecule has 6 atom stereocenters. The molecule has 0 spiro atoms. The van der Waals surface area contributed by atoms with Gasteiger partial charge >= 0.3 is 12.6 Å². The van der Waals surface area contributed by atoms with Gasteiger partial charge in [-0.1, -0.05) is 36.4 Å². The van der Waals surface area contributed by atoms with E-state index in [1.165, 1.54) is 10.9 Å². The number of imidazole rings is 1. The lowest BCUT2D eigenvalue weighted by molar-refractivity contribution is -0.149. The summed E-state index contributed by atoms with van der Waals surface area (Å²) < 4.78 is 41.3. The largest absolute Gasteiger partial charge is 0.462 e. The number of fused-ring (bicyclic) bond motifs is 2. The summed E-state index contributed by atoms with van der Waals surface area (Å²) in [4.78, 5) is 25.8. The van der Waals surface area contributed by atoms with Gasteiger partial charge in [-0.15, -0.1) is 11.6 Å². The molecule has 16 heteroatoms. The summed E-state index contributed by atoms with van der Waals surface area (Å²) in [5.41, 5.74) is -1.05. The summed E-state index contributed by atoms with van der Waals surface area (Å²) in [6.07, 6.45) is -4.02. The number of anilines is 1. The first-order valence-electron chi connectivity index (χ1n) is 14.3. The van der Waals surface area contributed by atoms with Gasteiger partial charge in [0.15, 0.2) is 29.4 Å². The number of hydrogen-bond donors (Lipinski definition) is 3. The van der Waals surface area contributed by atoms with Crippen molar-refractivity contribution in [2.45, 2.75) is 63.9 Å². The van der Waals surface area contributed by atoms with Gasteiger partial charge in [0, 0.05) is 12.4 Å². The topological polar surface area (TPSA) is 142 Å². The zero-order valence-corrected chi connectivity index (χ0v) is 27.8. The monoisotopic (exact) mass is 680 g/mol. The molecule has 0 aliphatic carbocycles. The molecule has 242 valence electrons. The number of aryl methyl sites for hydroxylation is 1. The Balaban J connectivity index is 1.45. The Morgan fingerprint density at radius 1 is 1.24 bits per heavy atom. The third-order valence-electron chi connectivity index (χ3n) is 7.24. The fourth-order valence-corrected chi connectivity index (χ4v) is 7.74. The minimum Gasteiger partial charge on any atom is -0.462 e. The van der Waals surface area contributed by atoms with Gasteiger partial charge in [-0.25, -0.2) is 24.4 Å². The molecule has 12 nitrogen and oxygen atoms in total. The van der Waals surface area contributed by atoms with Gasteiger partial charge < -0.3 is 28.9 Å². The molecule has 0 saturated carbocycles. The van der Waals surface area contributed by atoms with E-state index < -0.39 is 49.4 Å². The minimum atomic E-state index is -3.63. The first-order chi connectivity index (χ1) is 21.4. The maximum absolute atomic E-state index is 15.9. The van der Waals surface area contributed by atoms with Crippen LogP contribution < -0.4 is 14.9 Å². The number of aliphatic hydroxyl groups excluding tert-OH is 1. The lowest BCUT2D eigenvalue weighted by Gasteiger charge is -2.33. The molecule has 1 aliphatic rings. The van der Waals surface area contributed by atoms with Crippen LogP contribution >= 0.6 is 18.2 Å². The number of carbonyl (C=O) groups excluding carboxylic acids is 1. The van der Waals surface area contributed by atoms with Crippen molar-refractivity contribution in [2.75, 3.05) is 24.9 Å². The molecule has 1 fully saturated rings. The lowest BCUT2D eigenvalue weighted by atomic mass is 9.99. The van der Waals surface area contributed by atoms with Crippen molar-refractivity contribution >= 4 is 63.8 Å². The molecule has 0 bridgehead atoms. The fourth-order valence-electron chi connectivity index (χ4n) is 5.00. The number of esters is 1. The Labute approximate surface area is 269 Å². The highest BCUT2D eigenvalue weighted by atomic mass is 35.5. The van der Waals surface area contributed by atoms with Crippen LogP contribution in [0.5, 0.6) is 5.75 Å². The Kier molecular flexibility index (Phi) is 9.95. The van der Waals surface area contributed by atoms with Crippen molar-refractivity contribution in [1.82, 2.24) is 24.6 Å². The second-order valence-electron chi connectivity index (χ2n) is 11.0. The van der Waals surface area contributed by atoms with Crippen LogP contribution in [0, 0.1) is 6.92 Å². The number of aliphatic hydroxyl groups is 1. The quantitative estimate of drug-likeness (QED) is 0.108. The van der Waals surface area contributed by atoms with Crippen LogP contribution in [0.4, 0.5) is 10.2 Å². The molecule has 1 aliphatic heterocycles. The van der Waals surface area contributed by atoms with Gasteiger partial charge in [0.1, 0.15) is 29.3 Å². The van der Waals surface area contributed by atoms with Crippen LogP contribution in [0.3, 0.4) is 0 Å². The summed E-state index contributed by atoms with van der Waals surface area (Å²) in [5, 5.41) is 18.8. The molecular formula is C29H35ClFN6O6PS. The van der Waals surface area contributed by atoms with Crippen molar-refractivity contribution in [2.24, 2.45) is 0 Å². The van der Waals surface area contributed by atoms with Crippen molar-refractivity contribution < 1.29 is 32.8 Å². The smallest absolute Gasteiger partial charge is 0.323 e. The fraction of sp³-hybridized carbons (Fsp3) is 0.448. The second-order valence-corrected chi connectivity index (χ2v) is 14.4. The van der Waals surface area contributed by atoms with Crippen LogP contribution in [-0.2, 0) is 30.6 Å². The summed E-state index contributed by atoms with van der Waals surface area (Å²) in [5.74, 6) is 0.365. The number of halogens is 2. The number of benzene rings is 2. The summed E-state index contributed by atoms with van der Waals surface area (Å²) in [6.45, 7) is 2.62. The molecule has 0 amide bonds. The number of nitrogens with zero attached hydrogens (tertiary/aromatic N) is 4. The molecule has 2 aromatic heterocycles. The Morgan fingerprint density at radius 2 is 1.98 bits per heavy atom. The molecule has 3 heterocycles. The van der Waals surface area contributed by atoms with Gasteiger partial charge in [0.25, 0.3) is 0 Å². The van der Waals surface area contributed by atoms with E-state index in [0.717, 1.165) is 10.8 Å². The highest BCUT2D eigenvalue weighted by molar-refractivity contribution is 8.09. The first-order valence-corrected chi connectivity index (χ1v) is 17.4. The van der Waals surface area contributed by atoms with E-state index >= 15 is 4.39 Å². The van der Waals surface area contributed by atoms with E-state index in [-0.39, 0.29) is 12.0 Å². The van der Waals surface area contributed by atoms with Crippen molar-refractivity contribution in [3.63, 3.8) is 0 Å². The molecule has 0 unspecified atom stereocenters. The summed E-state index contributed by atoms with van der Waals surface area (Å²) in [6, 6.07) is 12.0. The minimum absolute atomic E-state index is 0.307. The standard InChI is InChI=1S/C29H35ClFN6O6PS/c1-16(2)41-28(39)17(3)36-44(45,43-21-12-8-10-19-9-6-7-11-20(19)21)40-14-29(13-30)24(38)22(31)27(42-29)37-15-33-23-25(32-5)34-18(4)35-26(23)37/h6-12,15-17,22,24,27,38H,13-14H2,1-5H3,(H,36,45)(H,32,34,35)/t17-,22-,24+,27-,29-,44-/m1/s1. The molecule has 5 rings (SSSR count). The Bertz CT molecular complexity index is 1740. The Morgan fingerprint density at radius 3 is 2.69 bits per heavy atom. The van der Waals surface area contributed by atoms with Gasteiger partial charge in [-0.2, -0.15) is 0 Å². The van der Waals surface area contributed by atoms with Crippen LogP contribution in [0.25, 0.3) is 21.9 Å². The average molecular weight is 681 g/mol. The third-order valence-corrected chi connectivity index (χ3v) is 10.2. The number of carbonyl (C=O) groups is 1. The van der Waals surface area contributed by atoms with E-state index in [4.69, 9.17) is 41.9 Å². The van der Waals surface area contributed by atoms with Crippen molar-refractivity contribution in [3.8, 4) is 5.75 Å². The van der Waals surface area contributed by atoms with E-state index in [2.05, 4.69) is 25.4 Å². The maximum Gasteiger partial charge on any atom is 0.323 e. The first kappa shape index (κ1) is 33.4. The van der Waals surface area contributed by atoms with Gasteiger partial charge in [0.05, 0.1) is 24.9 Å². The van der Waals surface area contributed by atoms with Crippen LogP contribution in [0.1, 0.15) is 32.8 Å². The number of nitrogens with one attached hydrogen (secondary N) is 2. The third kappa shape index (κ3) is 6.78. The molecular weight excluding hydrogens is 646 g/mol. The zero-order chi connectivity index (χ0) is 32.5. The number of ether oxygens (including phenoxy) is 2. The molecule has 45 heavy (non-hydrogen) atoms. The van der Waals surface area contributed by atoms with Gasteiger partial charge in [-0.3, -0.25) is 9.36 Å². The van der Waals surface area contributed by atoms with Crippen molar-refractivity contribution in [3.05, 3.63) is 54.6 Å². The second kappa shape index (κ2) is 13.4. The molecule has 0 radical (unpaired) electrons. The molecule has 3 N–H and O–H groups in total. The van der Waals surface area contributed by atoms with Crippen LogP contribution in [0.15, 0.2) is 48.8 Å². The normalized spacial score (nSPS) is 23.7. The number of alkyl halides is 2. The summed E-state index contributed by atoms with van der Waals surface area (Å²) in [7, 11) is 1.69. The lowest BCUT2D eigenvalue weighted by Crippen LogP contribution is -2.48. The number of rotatable bonds is 12. The maximum atomic E-state index is 15.9.